The Kier molecular flexibility index (Phi) is 3.13. The average molecular weight is 219 g/mol. The van der Waals surface area contributed by atoms with Crippen molar-refractivity contribution in [1.82, 2.24) is 0 Å². The Morgan fingerprint density at radius 3 is 2.88 bits per heavy atom. The SMILES string of the molecule is Cc1cccc(C(=O)OCC2CCC2)c1N. The quantitative estimate of drug-likeness (QED) is 0.627. The summed E-state index contributed by atoms with van der Waals surface area (Å²) in [5.41, 5.74) is 7.76. The highest BCUT2D eigenvalue weighted by molar-refractivity contribution is 5.95. The minimum Gasteiger partial charge on any atom is -0.462 e. The number of carbonyl (C=O) groups is 1. The minimum atomic E-state index is -0.298. The Labute approximate surface area is 95.6 Å². The van der Waals surface area contributed by atoms with E-state index >= 15 is 0 Å². The number of rotatable bonds is 3. The van der Waals surface area contributed by atoms with Crippen LogP contribution in [-0.4, -0.2) is 12.6 Å². The van der Waals surface area contributed by atoms with E-state index in [1.54, 1.807) is 6.07 Å². The van der Waals surface area contributed by atoms with E-state index in [0.717, 1.165) is 5.56 Å². The second kappa shape index (κ2) is 4.56. The summed E-state index contributed by atoms with van der Waals surface area (Å²) < 4.78 is 5.25. The first-order valence-corrected chi connectivity index (χ1v) is 5.70. The topological polar surface area (TPSA) is 52.3 Å². The number of aryl methyl sites for hydroxylation is 1. The largest absolute Gasteiger partial charge is 0.462 e. The number of hydrogen-bond acceptors (Lipinski definition) is 3. The highest BCUT2D eigenvalue weighted by Crippen LogP contribution is 2.27. The Hall–Kier alpha value is -1.51. The van der Waals surface area contributed by atoms with Crippen molar-refractivity contribution in [3.63, 3.8) is 0 Å². The normalized spacial score (nSPS) is 15.6. The number of nitrogen functional groups attached to an aromatic ring is 1. The molecule has 0 saturated heterocycles. The van der Waals surface area contributed by atoms with Crippen LogP contribution in [0.4, 0.5) is 5.69 Å². The second-order valence-electron chi connectivity index (χ2n) is 4.43. The zero-order valence-electron chi connectivity index (χ0n) is 9.53. The third kappa shape index (κ3) is 2.18. The fourth-order valence-electron chi connectivity index (χ4n) is 1.79. The van der Waals surface area contributed by atoms with Gasteiger partial charge in [0.1, 0.15) is 0 Å². The molecule has 1 aliphatic carbocycles. The average Bonchev–Trinajstić information content (AvgIpc) is 2.19. The number of esters is 1. The Morgan fingerprint density at radius 2 is 2.25 bits per heavy atom. The van der Waals surface area contributed by atoms with Gasteiger partial charge in [-0.3, -0.25) is 0 Å². The lowest BCUT2D eigenvalue weighted by Crippen LogP contribution is -2.20. The summed E-state index contributed by atoms with van der Waals surface area (Å²) in [6.07, 6.45) is 3.61. The van der Waals surface area contributed by atoms with Crippen LogP contribution in [0.1, 0.15) is 35.2 Å². The van der Waals surface area contributed by atoms with Crippen LogP contribution in [0.3, 0.4) is 0 Å². The highest BCUT2D eigenvalue weighted by atomic mass is 16.5. The van der Waals surface area contributed by atoms with Crippen LogP contribution in [0.15, 0.2) is 18.2 Å². The first kappa shape index (κ1) is 11.0. The van der Waals surface area contributed by atoms with Gasteiger partial charge in [0.25, 0.3) is 0 Å². The highest BCUT2D eigenvalue weighted by Gasteiger charge is 2.20. The van der Waals surface area contributed by atoms with Crippen LogP contribution in [0.2, 0.25) is 0 Å². The van der Waals surface area contributed by atoms with Crippen molar-refractivity contribution in [2.45, 2.75) is 26.2 Å². The second-order valence-corrected chi connectivity index (χ2v) is 4.43. The monoisotopic (exact) mass is 219 g/mol. The van der Waals surface area contributed by atoms with Gasteiger partial charge in [-0.1, -0.05) is 18.6 Å². The molecule has 2 N–H and O–H groups in total. The van der Waals surface area contributed by atoms with Crippen molar-refractivity contribution in [2.75, 3.05) is 12.3 Å². The number of ether oxygens (including phenoxy) is 1. The Morgan fingerprint density at radius 1 is 1.50 bits per heavy atom. The molecule has 3 heteroatoms. The molecule has 1 fully saturated rings. The summed E-state index contributed by atoms with van der Waals surface area (Å²) >= 11 is 0. The maximum Gasteiger partial charge on any atom is 0.340 e. The molecule has 1 aliphatic rings. The van der Waals surface area contributed by atoms with E-state index in [9.17, 15) is 4.79 Å². The van der Waals surface area contributed by atoms with Gasteiger partial charge in [0.2, 0.25) is 0 Å². The molecule has 0 spiro atoms. The lowest BCUT2D eigenvalue weighted by Gasteiger charge is -2.24. The van der Waals surface area contributed by atoms with Crippen LogP contribution in [0.5, 0.6) is 0 Å². The van der Waals surface area contributed by atoms with Crippen molar-refractivity contribution >= 4 is 11.7 Å². The molecular formula is C13H17NO2. The van der Waals surface area contributed by atoms with E-state index in [4.69, 9.17) is 10.5 Å². The lowest BCUT2D eigenvalue weighted by molar-refractivity contribution is 0.0372. The van der Waals surface area contributed by atoms with Crippen LogP contribution < -0.4 is 5.73 Å². The number of nitrogens with two attached hydrogens (primary N) is 1. The number of carbonyl (C=O) groups excluding carboxylic acids is 1. The molecule has 1 aromatic rings. The van der Waals surface area contributed by atoms with E-state index in [2.05, 4.69) is 0 Å². The number of anilines is 1. The van der Waals surface area contributed by atoms with Crippen molar-refractivity contribution < 1.29 is 9.53 Å². The number of benzene rings is 1. The lowest BCUT2D eigenvalue weighted by atomic mass is 9.86. The van der Waals surface area contributed by atoms with Crippen LogP contribution >= 0.6 is 0 Å². The van der Waals surface area contributed by atoms with Crippen LogP contribution in [0.25, 0.3) is 0 Å². The zero-order valence-corrected chi connectivity index (χ0v) is 9.53. The van der Waals surface area contributed by atoms with Crippen molar-refractivity contribution in [3.05, 3.63) is 29.3 Å². The molecule has 0 heterocycles. The van der Waals surface area contributed by atoms with Gasteiger partial charge in [-0.05, 0) is 37.3 Å². The van der Waals surface area contributed by atoms with Gasteiger partial charge >= 0.3 is 5.97 Å². The fourth-order valence-corrected chi connectivity index (χ4v) is 1.79. The van der Waals surface area contributed by atoms with Crippen molar-refractivity contribution in [2.24, 2.45) is 5.92 Å². The van der Waals surface area contributed by atoms with Crippen LogP contribution in [-0.2, 0) is 4.74 Å². The van der Waals surface area contributed by atoms with E-state index in [1.807, 2.05) is 19.1 Å². The van der Waals surface area contributed by atoms with E-state index in [1.165, 1.54) is 19.3 Å². The smallest absolute Gasteiger partial charge is 0.340 e. The molecule has 0 aliphatic heterocycles. The maximum absolute atomic E-state index is 11.8. The number of para-hydroxylation sites is 1. The van der Waals surface area contributed by atoms with Gasteiger partial charge in [-0.15, -0.1) is 0 Å². The first-order chi connectivity index (χ1) is 7.68. The molecule has 0 aromatic heterocycles. The molecule has 3 nitrogen and oxygen atoms in total. The zero-order chi connectivity index (χ0) is 11.5. The molecule has 16 heavy (non-hydrogen) atoms. The molecule has 2 rings (SSSR count). The van der Waals surface area contributed by atoms with Gasteiger partial charge < -0.3 is 10.5 Å². The third-order valence-electron chi connectivity index (χ3n) is 3.22. The Bertz CT molecular complexity index is 397. The molecule has 1 aromatic carbocycles. The fraction of sp³-hybridized carbons (Fsp3) is 0.462. The van der Waals surface area contributed by atoms with E-state index < -0.39 is 0 Å². The maximum atomic E-state index is 11.8. The van der Waals surface area contributed by atoms with Gasteiger partial charge in [0.15, 0.2) is 0 Å². The van der Waals surface area contributed by atoms with Crippen molar-refractivity contribution in [3.8, 4) is 0 Å². The molecule has 0 amide bonds. The summed E-state index contributed by atoms with van der Waals surface area (Å²) in [6.45, 7) is 2.42. The van der Waals surface area contributed by atoms with Crippen LogP contribution in [0, 0.1) is 12.8 Å². The molecular weight excluding hydrogens is 202 g/mol. The molecule has 0 unspecified atom stereocenters. The molecule has 0 radical (unpaired) electrons. The predicted octanol–water partition coefficient (Wildman–Crippen LogP) is 2.53. The van der Waals surface area contributed by atoms with Gasteiger partial charge in [0.05, 0.1) is 12.2 Å². The van der Waals surface area contributed by atoms with E-state index in [0.29, 0.717) is 23.8 Å². The van der Waals surface area contributed by atoms with E-state index in [-0.39, 0.29) is 5.97 Å². The standard InChI is InChI=1S/C13H17NO2/c1-9-4-2-7-11(12(9)14)13(15)16-8-10-5-3-6-10/h2,4,7,10H,3,5-6,8,14H2,1H3. The summed E-state index contributed by atoms with van der Waals surface area (Å²) in [5.74, 6) is 0.267. The van der Waals surface area contributed by atoms with Gasteiger partial charge in [-0.2, -0.15) is 0 Å². The summed E-state index contributed by atoms with van der Waals surface area (Å²) in [6, 6.07) is 5.43. The third-order valence-corrected chi connectivity index (χ3v) is 3.22. The summed E-state index contributed by atoms with van der Waals surface area (Å²) in [7, 11) is 0. The Balaban J connectivity index is 1.99. The van der Waals surface area contributed by atoms with Gasteiger partial charge in [-0.25, -0.2) is 4.79 Å². The summed E-state index contributed by atoms with van der Waals surface area (Å²) in [5, 5.41) is 0. The molecule has 86 valence electrons. The minimum absolute atomic E-state index is 0.298. The molecule has 0 bridgehead atoms. The predicted molar refractivity (Wildman–Crippen MR) is 63.2 cm³/mol. The number of hydrogen-bond donors (Lipinski definition) is 1. The molecule has 0 atom stereocenters. The summed E-state index contributed by atoms with van der Waals surface area (Å²) in [4.78, 5) is 11.8. The van der Waals surface area contributed by atoms with Gasteiger partial charge in [0, 0.05) is 5.69 Å². The first-order valence-electron chi connectivity index (χ1n) is 5.70. The molecule has 1 saturated carbocycles. The van der Waals surface area contributed by atoms with Crippen molar-refractivity contribution in [1.29, 1.82) is 0 Å².